The van der Waals surface area contributed by atoms with Gasteiger partial charge in [-0.15, -0.1) is 0 Å². The summed E-state index contributed by atoms with van der Waals surface area (Å²) in [6, 6.07) is 3.09. The van der Waals surface area contributed by atoms with Gasteiger partial charge in [-0.25, -0.2) is 9.37 Å². The molecule has 3 aromatic heterocycles. The largest absolute Gasteiger partial charge is 0.303 e. The summed E-state index contributed by atoms with van der Waals surface area (Å²) in [7, 11) is 0. The van der Waals surface area contributed by atoms with Gasteiger partial charge in [0.2, 0.25) is 0 Å². The summed E-state index contributed by atoms with van der Waals surface area (Å²) in [4.78, 5) is 4.54. The van der Waals surface area contributed by atoms with Crippen LogP contribution >= 0.6 is 0 Å². The van der Waals surface area contributed by atoms with Crippen molar-refractivity contribution in [3.05, 3.63) is 41.7 Å². The van der Waals surface area contributed by atoms with Crippen LogP contribution in [0.2, 0.25) is 0 Å². The predicted molar refractivity (Wildman–Crippen MR) is 71.5 cm³/mol. The van der Waals surface area contributed by atoms with Gasteiger partial charge in [-0.2, -0.15) is 5.10 Å². The number of fused-ring (bicyclic) bond motifs is 1. The van der Waals surface area contributed by atoms with Crippen LogP contribution in [0.1, 0.15) is 18.3 Å². The van der Waals surface area contributed by atoms with E-state index in [0.29, 0.717) is 0 Å². The van der Waals surface area contributed by atoms with E-state index in [9.17, 15) is 4.39 Å². The number of aryl methyl sites for hydroxylation is 2. The Balaban J connectivity index is 2.21. The van der Waals surface area contributed by atoms with Crippen molar-refractivity contribution in [1.29, 1.82) is 0 Å². The van der Waals surface area contributed by atoms with E-state index >= 15 is 0 Å². The van der Waals surface area contributed by atoms with Crippen LogP contribution in [0.3, 0.4) is 0 Å². The standard InChI is InChI=1S/C14H15FN4/c1-4-19-10(3)14(9(2)17-19)12-8-18-7-11(15)5-6-13(18)16-12/h5-8H,4H2,1-3H3. The molecule has 0 aliphatic carbocycles. The molecule has 0 fully saturated rings. The first-order valence-electron chi connectivity index (χ1n) is 6.28. The number of hydrogen-bond donors (Lipinski definition) is 0. The zero-order chi connectivity index (χ0) is 13.6. The van der Waals surface area contributed by atoms with Gasteiger partial charge >= 0.3 is 0 Å². The van der Waals surface area contributed by atoms with Gasteiger partial charge in [-0.1, -0.05) is 0 Å². The lowest BCUT2D eigenvalue weighted by atomic mass is 10.1. The number of hydrogen-bond acceptors (Lipinski definition) is 2. The molecule has 0 saturated carbocycles. The number of nitrogens with zero attached hydrogens (tertiary/aromatic N) is 4. The van der Waals surface area contributed by atoms with Crippen LogP contribution in [-0.4, -0.2) is 19.2 Å². The van der Waals surface area contributed by atoms with E-state index in [1.807, 2.05) is 24.7 Å². The molecule has 0 aromatic carbocycles. The Morgan fingerprint density at radius 3 is 2.68 bits per heavy atom. The monoisotopic (exact) mass is 258 g/mol. The third-order valence-electron chi connectivity index (χ3n) is 3.35. The summed E-state index contributed by atoms with van der Waals surface area (Å²) in [5.74, 6) is -0.269. The fourth-order valence-electron chi connectivity index (χ4n) is 2.46. The molecule has 0 saturated heterocycles. The first-order valence-corrected chi connectivity index (χ1v) is 6.28. The Bertz CT molecular complexity index is 754. The number of pyridine rings is 1. The molecule has 0 spiro atoms. The van der Waals surface area contributed by atoms with E-state index in [2.05, 4.69) is 17.0 Å². The number of halogens is 1. The van der Waals surface area contributed by atoms with Crippen molar-refractivity contribution in [3.8, 4) is 11.3 Å². The highest BCUT2D eigenvalue weighted by molar-refractivity contribution is 5.67. The summed E-state index contributed by atoms with van der Waals surface area (Å²) in [5.41, 5.74) is 4.64. The Morgan fingerprint density at radius 2 is 2.00 bits per heavy atom. The van der Waals surface area contributed by atoms with Gasteiger partial charge < -0.3 is 4.40 Å². The average Bonchev–Trinajstić information content (AvgIpc) is 2.89. The van der Waals surface area contributed by atoms with Crippen LogP contribution in [0.4, 0.5) is 4.39 Å². The molecule has 3 heterocycles. The molecule has 0 N–H and O–H groups in total. The van der Waals surface area contributed by atoms with E-state index in [4.69, 9.17) is 0 Å². The van der Waals surface area contributed by atoms with Crippen LogP contribution in [0.5, 0.6) is 0 Å². The van der Waals surface area contributed by atoms with Gasteiger partial charge in [-0.05, 0) is 32.9 Å². The summed E-state index contributed by atoms with van der Waals surface area (Å²) < 4.78 is 16.9. The topological polar surface area (TPSA) is 35.1 Å². The fraction of sp³-hybridized carbons (Fsp3) is 0.286. The maximum Gasteiger partial charge on any atom is 0.139 e. The Kier molecular flexibility index (Phi) is 2.62. The van der Waals surface area contributed by atoms with Crippen LogP contribution in [-0.2, 0) is 6.54 Å². The van der Waals surface area contributed by atoms with Crippen LogP contribution in [0.15, 0.2) is 24.5 Å². The molecule has 0 aliphatic rings. The van der Waals surface area contributed by atoms with Crippen LogP contribution in [0.25, 0.3) is 16.9 Å². The molecule has 19 heavy (non-hydrogen) atoms. The highest BCUT2D eigenvalue weighted by Crippen LogP contribution is 2.26. The smallest absolute Gasteiger partial charge is 0.139 e. The predicted octanol–water partition coefficient (Wildman–Crippen LogP) is 2.97. The number of rotatable bonds is 2. The molecule has 5 heteroatoms. The van der Waals surface area contributed by atoms with Crippen molar-refractivity contribution in [2.45, 2.75) is 27.3 Å². The van der Waals surface area contributed by atoms with Crippen molar-refractivity contribution in [2.75, 3.05) is 0 Å². The quantitative estimate of drug-likeness (QED) is 0.708. The lowest BCUT2D eigenvalue weighted by molar-refractivity contribution is 0.619. The minimum absolute atomic E-state index is 0.269. The van der Waals surface area contributed by atoms with Gasteiger partial charge in [-0.3, -0.25) is 4.68 Å². The molecule has 3 aromatic rings. The van der Waals surface area contributed by atoms with Crippen molar-refractivity contribution < 1.29 is 4.39 Å². The SMILES string of the molecule is CCn1nc(C)c(-c2cn3cc(F)ccc3n2)c1C. The molecule has 0 unspecified atom stereocenters. The van der Waals surface area contributed by atoms with Crippen LogP contribution in [0, 0.1) is 19.7 Å². The minimum Gasteiger partial charge on any atom is -0.303 e. The Labute approximate surface area is 110 Å². The second-order valence-corrected chi connectivity index (χ2v) is 4.60. The zero-order valence-electron chi connectivity index (χ0n) is 11.2. The maximum atomic E-state index is 13.2. The van der Waals surface area contributed by atoms with Crippen molar-refractivity contribution >= 4 is 5.65 Å². The molecule has 0 bridgehead atoms. The third kappa shape index (κ3) is 1.82. The highest BCUT2D eigenvalue weighted by Gasteiger charge is 2.15. The van der Waals surface area contributed by atoms with Gasteiger partial charge in [0.25, 0.3) is 0 Å². The Morgan fingerprint density at radius 1 is 1.21 bits per heavy atom. The number of aromatic nitrogens is 4. The van der Waals surface area contributed by atoms with E-state index < -0.39 is 0 Å². The highest BCUT2D eigenvalue weighted by atomic mass is 19.1. The molecule has 0 atom stereocenters. The molecule has 0 amide bonds. The summed E-state index contributed by atoms with van der Waals surface area (Å²) in [6.45, 7) is 6.89. The minimum atomic E-state index is -0.269. The molecular weight excluding hydrogens is 243 g/mol. The first kappa shape index (κ1) is 11.9. The van der Waals surface area contributed by atoms with E-state index in [1.165, 1.54) is 12.3 Å². The molecule has 0 aliphatic heterocycles. The lowest BCUT2D eigenvalue weighted by Crippen LogP contribution is -1.98. The second kappa shape index (κ2) is 4.19. The molecular formula is C14H15FN4. The molecule has 98 valence electrons. The van der Waals surface area contributed by atoms with E-state index in [-0.39, 0.29) is 5.82 Å². The molecule has 4 nitrogen and oxygen atoms in total. The first-order chi connectivity index (χ1) is 9.10. The second-order valence-electron chi connectivity index (χ2n) is 4.60. The van der Waals surface area contributed by atoms with E-state index in [1.54, 1.807) is 10.5 Å². The van der Waals surface area contributed by atoms with Gasteiger partial charge in [0.15, 0.2) is 0 Å². The average molecular weight is 258 g/mol. The van der Waals surface area contributed by atoms with Gasteiger partial charge in [0.05, 0.1) is 11.4 Å². The van der Waals surface area contributed by atoms with Crippen molar-refractivity contribution in [1.82, 2.24) is 19.2 Å². The molecule has 0 radical (unpaired) electrons. The van der Waals surface area contributed by atoms with Crippen LogP contribution < -0.4 is 0 Å². The lowest BCUT2D eigenvalue weighted by Gasteiger charge is -1.99. The maximum absolute atomic E-state index is 13.2. The number of imidazole rings is 1. The van der Waals surface area contributed by atoms with Gasteiger partial charge in [0, 0.05) is 30.2 Å². The molecule has 3 rings (SSSR count). The summed E-state index contributed by atoms with van der Waals surface area (Å²) >= 11 is 0. The summed E-state index contributed by atoms with van der Waals surface area (Å²) in [6.07, 6.45) is 3.27. The fourth-order valence-corrected chi connectivity index (χ4v) is 2.46. The van der Waals surface area contributed by atoms with E-state index in [0.717, 1.165) is 34.8 Å². The van der Waals surface area contributed by atoms with Gasteiger partial charge in [0.1, 0.15) is 11.5 Å². The third-order valence-corrected chi connectivity index (χ3v) is 3.35. The van der Waals surface area contributed by atoms with Crippen molar-refractivity contribution in [3.63, 3.8) is 0 Å². The van der Waals surface area contributed by atoms with Crippen molar-refractivity contribution in [2.24, 2.45) is 0 Å². The Hall–Kier alpha value is -2.17. The zero-order valence-corrected chi connectivity index (χ0v) is 11.2. The summed E-state index contributed by atoms with van der Waals surface area (Å²) in [5, 5.41) is 4.49. The normalized spacial score (nSPS) is 11.4.